The number of aliphatic hydroxyl groups excluding tert-OH is 1. The fourth-order valence-electron chi connectivity index (χ4n) is 0.952. The molecule has 5 nitrogen and oxygen atoms in total. The maximum atomic E-state index is 11.4. The van der Waals surface area contributed by atoms with Crippen molar-refractivity contribution in [1.82, 2.24) is 5.32 Å². The van der Waals surface area contributed by atoms with Gasteiger partial charge in [-0.15, -0.1) is 0 Å². The van der Waals surface area contributed by atoms with Crippen LogP contribution in [0.3, 0.4) is 0 Å². The largest absolute Gasteiger partial charge is 0.394 e. The van der Waals surface area contributed by atoms with Gasteiger partial charge in [0.1, 0.15) is 0 Å². The van der Waals surface area contributed by atoms with Gasteiger partial charge in [0.25, 0.3) is 0 Å². The molecule has 0 radical (unpaired) electrons. The van der Waals surface area contributed by atoms with E-state index in [1.54, 1.807) is 0 Å². The lowest BCUT2D eigenvalue weighted by atomic mass is 10.0. The molecule has 0 aliphatic rings. The Labute approximate surface area is 91.0 Å². The second kappa shape index (κ2) is 8.64. The van der Waals surface area contributed by atoms with Crippen molar-refractivity contribution in [3.63, 3.8) is 0 Å². The fraction of sp³-hybridized carbons (Fsp3) is 0.900. The molecule has 0 rings (SSSR count). The van der Waals surface area contributed by atoms with Gasteiger partial charge in [-0.05, 0) is 13.3 Å². The summed E-state index contributed by atoms with van der Waals surface area (Å²) in [6, 6.07) is -0.129. The third-order valence-corrected chi connectivity index (χ3v) is 2.20. The molecule has 0 bridgehead atoms. The Balaban J connectivity index is 3.39. The third-order valence-electron chi connectivity index (χ3n) is 2.20. The van der Waals surface area contributed by atoms with Gasteiger partial charge in [0.15, 0.2) is 0 Å². The first kappa shape index (κ1) is 14.3. The second-order valence-corrected chi connectivity index (χ2v) is 3.63. The molecule has 4 N–H and O–H groups in total. The number of rotatable bonds is 8. The summed E-state index contributed by atoms with van der Waals surface area (Å²) in [6.45, 7) is 5.14. The summed E-state index contributed by atoms with van der Waals surface area (Å²) in [5.74, 6) is -0.185. The van der Waals surface area contributed by atoms with Gasteiger partial charge in [-0.3, -0.25) is 4.79 Å². The Morgan fingerprint density at radius 3 is 2.67 bits per heavy atom. The highest BCUT2D eigenvalue weighted by Gasteiger charge is 2.15. The van der Waals surface area contributed by atoms with Crippen molar-refractivity contribution < 1.29 is 14.6 Å². The highest BCUT2D eigenvalue weighted by molar-refractivity contribution is 5.78. The van der Waals surface area contributed by atoms with Crippen LogP contribution in [0.15, 0.2) is 0 Å². The number of hydrogen-bond acceptors (Lipinski definition) is 4. The van der Waals surface area contributed by atoms with Crippen LogP contribution in [0.2, 0.25) is 0 Å². The molecule has 1 amide bonds. The SMILES string of the molecule is CC(N)C(C)C(=O)NCCCOCCO. The van der Waals surface area contributed by atoms with Gasteiger partial charge in [0, 0.05) is 25.1 Å². The lowest BCUT2D eigenvalue weighted by Crippen LogP contribution is -2.39. The Morgan fingerprint density at radius 2 is 2.13 bits per heavy atom. The Hall–Kier alpha value is -0.650. The zero-order chi connectivity index (χ0) is 11.7. The molecular formula is C10H22N2O3. The molecule has 0 aromatic heterocycles. The molecule has 15 heavy (non-hydrogen) atoms. The third kappa shape index (κ3) is 7.30. The normalized spacial score (nSPS) is 14.7. The van der Waals surface area contributed by atoms with Gasteiger partial charge in [0.2, 0.25) is 5.91 Å². The number of ether oxygens (including phenoxy) is 1. The average molecular weight is 218 g/mol. The molecule has 0 fully saturated rings. The predicted octanol–water partition coefficient (Wildman–Crippen LogP) is -0.515. The number of carbonyl (C=O) groups is 1. The molecule has 2 atom stereocenters. The Bertz CT molecular complexity index is 174. The highest BCUT2D eigenvalue weighted by atomic mass is 16.5. The first-order chi connectivity index (χ1) is 7.09. The van der Waals surface area contributed by atoms with Crippen molar-refractivity contribution in [3.8, 4) is 0 Å². The number of nitrogens with two attached hydrogens (primary N) is 1. The number of aliphatic hydroxyl groups is 1. The van der Waals surface area contributed by atoms with E-state index in [-0.39, 0.29) is 24.5 Å². The maximum absolute atomic E-state index is 11.4. The number of nitrogens with one attached hydrogen (secondary N) is 1. The number of amides is 1. The fourth-order valence-corrected chi connectivity index (χ4v) is 0.952. The molecule has 0 aliphatic heterocycles. The van der Waals surface area contributed by atoms with E-state index in [2.05, 4.69) is 5.32 Å². The number of hydrogen-bond donors (Lipinski definition) is 3. The van der Waals surface area contributed by atoms with Gasteiger partial charge in [0.05, 0.1) is 13.2 Å². The van der Waals surface area contributed by atoms with Gasteiger partial charge in [-0.25, -0.2) is 0 Å². The van der Waals surface area contributed by atoms with Crippen LogP contribution in [0, 0.1) is 5.92 Å². The summed E-state index contributed by atoms with van der Waals surface area (Å²) in [5, 5.41) is 11.2. The minimum Gasteiger partial charge on any atom is -0.394 e. The first-order valence-electron chi connectivity index (χ1n) is 5.31. The molecule has 0 heterocycles. The smallest absolute Gasteiger partial charge is 0.224 e. The average Bonchev–Trinajstić information content (AvgIpc) is 2.21. The van der Waals surface area contributed by atoms with Crippen LogP contribution in [0.5, 0.6) is 0 Å². The molecule has 0 aliphatic carbocycles. The quantitative estimate of drug-likeness (QED) is 0.479. The van der Waals surface area contributed by atoms with Gasteiger partial charge < -0.3 is 20.9 Å². The second-order valence-electron chi connectivity index (χ2n) is 3.63. The zero-order valence-corrected chi connectivity index (χ0v) is 9.53. The number of carbonyl (C=O) groups excluding carboxylic acids is 1. The highest BCUT2D eigenvalue weighted by Crippen LogP contribution is 1.98. The van der Waals surface area contributed by atoms with Crippen LogP contribution in [-0.4, -0.2) is 43.4 Å². The lowest BCUT2D eigenvalue weighted by Gasteiger charge is -2.15. The van der Waals surface area contributed by atoms with Crippen molar-refractivity contribution in [2.75, 3.05) is 26.4 Å². The van der Waals surface area contributed by atoms with Gasteiger partial charge in [-0.2, -0.15) is 0 Å². The van der Waals surface area contributed by atoms with Crippen molar-refractivity contribution in [2.45, 2.75) is 26.3 Å². The van der Waals surface area contributed by atoms with Gasteiger partial charge in [-0.1, -0.05) is 6.92 Å². The molecule has 0 saturated carbocycles. The van der Waals surface area contributed by atoms with E-state index in [9.17, 15) is 4.79 Å². The first-order valence-corrected chi connectivity index (χ1v) is 5.31. The van der Waals surface area contributed by atoms with Crippen LogP contribution in [-0.2, 0) is 9.53 Å². The summed E-state index contributed by atoms with van der Waals surface area (Å²) in [7, 11) is 0. The summed E-state index contributed by atoms with van der Waals surface area (Å²) in [5.41, 5.74) is 5.59. The molecule has 90 valence electrons. The van der Waals surface area contributed by atoms with E-state index in [0.29, 0.717) is 19.8 Å². The van der Waals surface area contributed by atoms with Crippen LogP contribution < -0.4 is 11.1 Å². The topological polar surface area (TPSA) is 84.6 Å². The summed E-state index contributed by atoms with van der Waals surface area (Å²) >= 11 is 0. The Morgan fingerprint density at radius 1 is 1.47 bits per heavy atom. The minimum atomic E-state index is -0.164. The molecule has 0 saturated heterocycles. The van der Waals surface area contributed by atoms with Gasteiger partial charge >= 0.3 is 0 Å². The van der Waals surface area contributed by atoms with Crippen LogP contribution in [0.25, 0.3) is 0 Å². The molecule has 0 spiro atoms. The van der Waals surface area contributed by atoms with E-state index < -0.39 is 0 Å². The van der Waals surface area contributed by atoms with Crippen molar-refractivity contribution >= 4 is 5.91 Å². The van der Waals surface area contributed by atoms with Crippen molar-refractivity contribution in [3.05, 3.63) is 0 Å². The van der Waals surface area contributed by atoms with E-state index in [1.807, 2.05) is 13.8 Å². The monoisotopic (exact) mass is 218 g/mol. The standard InChI is InChI=1S/C10H22N2O3/c1-8(9(2)11)10(14)12-4-3-6-15-7-5-13/h8-9,13H,3-7,11H2,1-2H3,(H,12,14). The van der Waals surface area contributed by atoms with Crippen LogP contribution >= 0.6 is 0 Å². The van der Waals surface area contributed by atoms with Crippen molar-refractivity contribution in [1.29, 1.82) is 0 Å². The summed E-state index contributed by atoms with van der Waals surface area (Å²) < 4.78 is 5.05. The van der Waals surface area contributed by atoms with E-state index in [0.717, 1.165) is 6.42 Å². The zero-order valence-electron chi connectivity index (χ0n) is 9.53. The minimum absolute atomic E-state index is 0.0211. The molecule has 5 heteroatoms. The maximum Gasteiger partial charge on any atom is 0.224 e. The van der Waals surface area contributed by atoms with Crippen LogP contribution in [0.4, 0.5) is 0 Å². The molecule has 0 aromatic carbocycles. The molecular weight excluding hydrogens is 196 g/mol. The Kier molecular flexibility index (Phi) is 8.27. The van der Waals surface area contributed by atoms with E-state index >= 15 is 0 Å². The summed E-state index contributed by atoms with van der Waals surface area (Å²) in [4.78, 5) is 11.4. The predicted molar refractivity (Wildman–Crippen MR) is 58.3 cm³/mol. The molecule has 2 unspecified atom stereocenters. The lowest BCUT2D eigenvalue weighted by molar-refractivity contribution is -0.124. The van der Waals surface area contributed by atoms with E-state index in [4.69, 9.17) is 15.6 Å². The van der Waals surface area contributed by atoms with E-state index in [1.165, 1.54) is 0 Å². The summed E-state index contributed by atoms with van der Waals surface area (Å²) in [6.07, 6.45) is 0.747. The van der Waals surface area contributed by atoms with Crippen molar-refractivity contribution in [2.24, 2.45) is 11.7 Å². The molecule has 0 aromatic rings. The van der Waals surface area contributed by atoms with Crippen LogP contribution in [0.1, 0.15) is 20.3 Å².